The molecule has 2 heterocycles. The van der Waals surface area contributed by atoms with Crippen LogP contribution in [0.25, 0.3) is 0 Å². The van der Waals surface area contributed by atoms with E-state index < -0.39 is 33.9 Å². The van der Waals surface area contributed by atoms with Crippen molar-refractivity contribution in [3.05, 3.63) is 79.9 Å². The number of ether oxygens (including phenoxy) is 3. The van der Waals surface area contributed by atoms with Crippen LogP contribution in [0, 0.1) is 0 Å². The lowest BCUT2D eigenvalue weighted by molar-refractivity contribution is -0.140. The van der Waals surface area contributed by atoms with Crippen LogP contribution in [0.4, 0.5) is 0 Å². The van der Waals surface area contributed by atoms with Crippen molar-refractivity contribution >= 4 is 5.97 Å². The Balaban J connectivity index is 1.79. The normalized spacial score (nSPS) is 14.6. The fourth-order valence-corrected chi connectivity index (χ4v) is 5.78. The summed E-state index contributed by atoms with van der Waals surface area (Å²) >= 11 is 0. The van der Waals surface area contributed by atoms with Crippen LogP contribution in [0.5, 0.6) is 23.0 Å². The number of esters is 1. The van der Waals surface area contributed by atoms with Crippen molar-refractivity contribution in [2.45, 2.75) is 84.2 Å². The Labute approximate surface area is 259 Å². The fourth-order valence-electron chi connectivity index (χ4n) is 5.78. The topological polar surface area (TPSA) is 119 Å². The maximum atomic E-state index is 13.1. The van der Waals surface area contributed by atoms with E-state index in [1.54, 1.807) is 14.2 Å². The second-order valence-corrected chi connectivity index (χ2v) is 13.5. The summed E-state index contributed by atoms with van der Waals surface area (Å²) in [5.74, 6) is -0.0337. The Morgan fingerprint density at radius 1 is 0.886 bits per heavy atom. The van der Waals surface area contributed by atoms with Crippen molar-refractivity contribution < 1.29 is 33.6 Å². The van der Waals surface area contributed by atoms with Gasteiger partial charge in [-0.2, -0.15) is 0 Å². The number of nitrogens with zero attached hydrogens (tertiary/aromatic N) is 1. The molecular weight excluding hydrogens is 562 g/mol. The maximum absolute atomic E-state index is 13.1. The van der Waals surface area contributed by atoms with Crippen LogP contribution in [0.1, 0.15) is 93.2 Å². The Bertz CT molecular complexity index is 1560. The molecule has 4 rings (SSSR count). The van der Waals surface area contributed by atoms with Gasteiger partial charge in [0.2, 0.25) is 11.2 Å². The molecule has 0 bridgehead atoms. The zero-order chi connectivity index (χ0) is 32.6. The Kier molecular flexibility index (Phi) is 9.40. The molecule has 1 aliphatic rings. The van der Waals surface area contributed by atoms with Gasteiger partial charge in [0.25, 0.3) is 0 Å². The lowest BCUT2D eigenvalue weighted by atomic mass is 9.76. The van der Waals surface area contributed by atoms with Crippen molar-refractivity contribution in [1.29, 1.82) is 0 Å². The number of carbonyl (C=O) groups excluding carboxylic acids is 1. The van der Waals surface area contributed by atoms with Crippen LogP contribution >= 0.6 is 0 Å². The number of hydrogen-bond donors (Lipinski definition) is 2. The van der Waals surface area contributed by atoms with Gasteiger partial charge in [0.15, 0.2) is 17.3 Å². The summed E-state index contributed by atoms with van der Waals surface area (Å²) in [5.41, 5.74) is 2.81. The van der Waals surface area contributed by atoms with Gasteiger partial charge in [-0.05, 0) is 57.2 Å². The lowest BCUT2D eigenvalue weighted by Gasteiger charge is -2.30. The third-order valence-corrected chi connectivity index (χ3v) is 8.24. The summed E-state index contributed by atoms with van der Waals surface area (Å²) < 4.78 is 22.3. The smallest absolute Gasteiger partial charge is 0.306 e. The van der Waals surface area contributed by atoms with Gasteiger partial charge in [0, 0.05) is 19.2 Å². The molecule has 2 N–H and O–H groups in total. The Morgan fingerprint density at radius 2 is 1.45 bits per heavy atom. The van der Waals surface area contributed by atoms with Crippen molar-refractivity contribution in [3.8, 4) is 23.0 Å². The molecule has 0 fully saturated rings. The molecule has 9 nitrogen and oxygen atoms in total. The molecule has 0 spiro atoms. The van der Waals surface area contributed by atoms with E-state index in [9.17, 15) is 19.8 Å². The van der Waals surface area contributed by atoms with E-state index in [1.165, 1.54) is 18.7 Å². The largest absolute Gasteiger partial charge is 0.507 e. The predicted octanol–water partition coefficient (Wildman–Crippen LogP) is 5.92. The molecule has 0 amide bonds. The minimum atomic E-state index is -0.836. The number of methoxy groups -OCH3 is 3. The van der Waals surface area contributed by atoms with Crippen molar-refractivity contribution in [3.63, 3.8) is 0 Å². The fraction of sp³-hybridized carbons (Fsp3) is 0.486. The molecule has 1 aromatic heterocycles. The quantitative estimate of drug-likeness (QED) is 0.301. The molecule has 0 radical (unpaired) electrons. The number of benzene rings is 2. The van der Waals surface area contributed by atoms with Gasteiger partial charge in [-0.15, -0.1) is 0 Å². The van der Waals surface area contributed by atoms with Crippen LogP contribution < -0.4 is 14.9 Å². The van der Waals surface area contributed by atoms with Gasteiger partial charge in [-0.3, -0.25) is 14.5 Å². The first-order valence-corrected chi connectivity index (χ1v) is 14.8. The van der Waals surface area contributed by atoms with Crippen LogP contribution in [-0.4, -0.2) is 49.0 Å². The summed E-state index contributed by atoms with van der Waals surface area (Å²) in [4.78, 5) is 28.0. The second-order valence-electron chi connectivity index (χ2n) is 13.5. The molecule has 1 atom stereocenters. The maximum Gasteiger partial charge on any atom is 0.306 e. The summed E-state index contributed by atoms with van der Waals surface area (Å²) in [6.45, 7) is 13.6. The van der Waals surface area contributed by atoms with E-state index in [4.69, 9.17) is 18.6 Å². The highest BCUT2D eigenvalue weighted by molar-refractivity contribution is 5.71. The third kappa shape index (κ3) is 6.88. The summed E-state index contributed by atoms with van der Waals surface area (Å²) in [5, 5.41) is 22.3. The average molecular weight is 608 g/mol. The molecule has 0 saturated carbocycles. The van der Waals surface area contributed by atoms with Gasteiger partial charge in [0.1, 0.15) is 11.5 Å². The van der Waals surface area contributed by atoms with E-state index in [0.717, 1.165) is 18.5 Å². The van der Waals surface area contributed by atoms with E-state index in [0.29, 0.717) is 47.0 Å². The minimum Gasteiger partial charge on any atom is -0.507 e. The molecule has 0 unspecified atom stereocenters. The molecule has 3 aromatic rings. The first-order chi connectivity index (χ1) is 20.6. The van der Waals surface area contributed by atoms with Crippen LogP contribution in [0.3, 0.4) is 0 Å². The summed E-state index contributed by atoms with van der Waals surface area (Å²) in [6.07, 6.45) is 0.599. The number of rotatable bonds is 8. The molecule has 2 aromatic carbocycles. The van der Waals surface area contributed by atoms with Gasteiger partial charge < -0.3 is 28.8 Å². The van der Waals surface area contributed by atoms with Gasteiger partial charge in [0.05, 0.1) is 40.2 Å². The zero-order valence-corrected chi connectivity index (χ0v) is 27.3. The van der Waals surface area contributed by atoms with Crippen molar-refractivity contribution in [2.75, 3.05) is 27.9 Å². The number of fused-ring (bicyclic) bond motifs is 1. The number of aromatic hydroxyl groups is 2. The monoisotopic (exact) mass is 607 g/mol. The van der Waals surface area contributed by atoms with Gasteiger partial charge in [-0.1, -0.05) is 53.7 Å². The lowest BCUT2D eigenvalue weighted by Crippen LogP contribution is -2.30. The summed E-state index contributed by atoms with van der Waals surface area (Å²) in [7, 11) is 4.51. The van der Waals surface area contributed by atoms with Crippen LogP contribution in [0.15, 0.2) is 39.5 Å². The molecule has 9 heteroatoms. The van der Waals surface area contributed by atoms with E-state index in [-0.39, 0.29) is 17.9 Å². The third-order valence-electron chi connectivity index (χ3n) is 8.24. The second kappa shape index (κ2) is 12.6. The number of phenols is 1. The number of phenolic OH excluding ortho intramolecular Hbond substituents is 1. The average Bonchev–Trinajstić information content (AvgIpc) is 2.95. The van der Waals surface area contributed by atoms with Crippen molar-refractivity contribution in [1.82, 2.24) is 4.90 Å². The van der Waals surface area contributed by atoms with Crippen LogP contribution in [-0.2, 0) is 39.9 Å². The zero-order valence-electron chi connectivity index (χ0n) is 27.3. The highest BCUT2D eigenvalue weighted by atomic mass is 16.5. The molecule has 0 aliphatic carbocycles. The standard InChI is InChI=1S/C35H45NO8/c1-34(2,3)25-12-21(13-26(31(25)39)35(4,5)6)24(17-30(38)43-9)33-32(40)27(37)16-23(44-33)19-36-11-10-20-14-28(41-7)29(42-8)15-22(20)18-36/h12-16,24,39-40H,10-11,17-19H2,1-9H3/t24-/m0/s1. The molecule has 0 saturated heterocycles. The number of hydrogen-bond acceptors (Lipinski definition) is 9. The molecular formula is C35H45NO8. The summed E-state index contributed by atoms with van der Waals surface area (Å²) in [6, 6.07) is 8.92. The van der Waals surface area contributed by atoms with E-state index in [2.05, 4.69) is 4.90 Å². The van der Waals surface area contributed by atoms with E-state index >= 15 is 0 Å². The predicted molar refractivity (Wildman–Crippen MR) is 168 cm³/mol. The Hall–Kier alpha value is -3.98. The highest BCUT2D eigenvalue weighted by Gasteiger charge is 2.32. The van der Waals surface area contributed by atoms with Crippen molar-refractivity contribution in [2.24, 2.45) is 0 Å². The SMILES string of the molecule is COC(=O)C[C@@H](c1cc(C(C)(C)C)c(O)c(C(C)(C)C)c1)c1oc(CN2CCc3cc(OC)c(OC)cc3C2)cc(=O)c1O. The van der Waals surface area contributed by atoms with Gasteiger partial charge >= 0.3 is 5.97 Å². The van der Waals surface area contributed by atoms with E-state index in [1.807, 2.05) is 65.8 Å². The molecule has 238 valence electrons. The molecule has 44 heavy (non-hydrogen) atoms. The van der Waals surface area contributed by atoms with Gasteiger partial charge in [-0.25, -0.2) is 0 Å². The first kappa shape index (κ1) is 32.9. The molecule has 1 aliphatic heterocycles. The number of carbonyl (C=O) groups is 1. The van der Waals surface area contributed by atoms with Crippen LogP contribution in [0.2, 0.25) is 0 Å². The highest BCUT2D eigenvalue weighted by Crippen LogP contribution is 2.44. The Morgan fingerprint density at radius 3 is 1.98 bits per heavy atom. The first-order valence-electron chi connectivity index (χ1n) is 14.8. The minimum absolute atomic E-state index is 0.00729.